The molecule has 0 radical (unpaired) electrons. The number of amides is 2. The molecule has 0 unspecified atom stereocenters. The van der Waals surface area contributed by atoms with E-state index in [4.69, 9.17) is 21.1 Å². The lowest BCUT2D eigenvalue weighted by Crippen LogP contribution is -2.32. The first-order valence-electron chi connectivity index (χ1n) is 11.4. The van der Waals surface area contributed by atoms with Gasteiger partial charge < -0.3 is 29.9 Å². The molecule has 0 bridgehead atoms. The maximum atomic E-state index is 13.2. The van der Waals surface area contributed by atoms with Gasteiger partial charge in [0.25, 0.3) is 5.91 Å². The number of nitrogens with zero attached hydrogens (tertiary/aromatic N) is 4. The Labute approximate surface area is 210 Å². The third-order valence-corrected chi connectivity index (χ3v) is 5.53. The molecule has 35 heavy (non-hydrogen) atoms. The van der Waals surface area contributed by atoms with Gasteiger partial charge in [-0.05, 0) is 51.7 Å². The summed E-state index contributed by atoms with van der Waals surface area (Å²) in [5.74, 6) is 0.672. The van der Waals surface area contributed by atoms with Gasteiger partial charge in [-0.3, -0.25) is 9.59 Å². The number of carbonyl (C=O) groups excluding carboxylic acids is 2. The third-order valence-electron chi connectivity index (χ3n) is 5.27. The molecule has 2 N–H and O–H groups in total. The summed E-state index contributed by atoms with van der Waals surface area (Å²) in [6, 6.07) is 4.99. The van der Waals surface area contributed by atoms with Crippen molar-refractivity contribution in [2.24, 2.45) is 0 Å². The van der Waals surface area contributed by atoms with Crippen LogP contribution >= 0.6 is 11.6 Å². The highest BCUT2D eigenvalue weighted by atomic mass is 35.5. The van der Waals surface area contributed by atoms with Crippen LogP contribution in [0.5, 0.6) is 11.6 Å². The van der Waals surface area contributed by atoms with Crippen LogP contribution in [0.25, 0.3) is 0 Å². The molecule has 2 heterocycles. The predicted molar refractivity (Wildman–Crippen MR) is 135 cm³/mol. The van der Waals surface area contributed by atoms with Crippen molar-refractivity contribution in [3.05, 3.63) is 47.6 Å². The molecule has 1 fully saturated rings. The molecule has 3 rings (SSSR count). The number of halogens is 1. The van der Waals surface area contributed by atoms with Crippen LogP contribution in [0.1, 0.15) is 23.7 Å². The fourth-order valence-electron chi connectivity index (χ4n) is 3.49. The fraction of sp³-hybridized carbons (Fsp3) is 0.417. The molecule has 1 aliphatic rings. The Morgan fingerprint density at radius 3 is 2.86 bits per heavy atom. The van der Waals surface area contributed by atoms with Crippen LogP contribution in [0.2, 0.25) is 5.02 Å². The van der Waals surface area contributed by atoms with Crippen molar-refractivity contribution in [1.82, 2.24) is 19.8 Å². The van der Waals surface area contributed by atoms with E-state index in [1.807, 2.05) is 25.9 Å². The molecule has 0 aliphatic carbocycles. The van der Waals surface area contributed by atoms with E-state index in [2.05, 4.69) is 27.2 Å². The van der Waals surface area contributed by atoms with Gasteiger partial charge in [-0.1, -0.05) is 18.2 Å². The highest BCUT2D eigenvalue weighted by Crippen LogP contribution is 2.28. The summed E-state index contributed by atoms with van der Waals surface area (Å²) in [4.78, 5) is 37.3. The summed E-state index contributed by atoms with van der Waals surface area (Å²) in [6.45, 7) is 7.93. The van der Waals surface area contributed by atoms with E-state index >= 15 is 0 Å². The lowest BCUT2D eigenvalue weighted by atomic mass is 10.1. The van der Waals surface area contributed by atoms with Crippen molar-refractivity contribution >= 4 is 35.1 Å². The Bertz CT molecular complexity index is 1060. The smallest absolute Gasteiger partial charge is 0.254 e. The van der Waals surface area contributed by atoms with Gasteiger partial charge in [0, 0.05) is 31.2 Å². The molecule has 188 valence electrons. The zero-order chi connectivity index (χ0) is 25.4. The van der Waals surface area contributed by atoms with Gasteiger partial charge in [0.1, 0.15) is 17.4 Å². The average Bonchev–Trinajstić information content (AvgIpc) is 3.30. The van der Waals surface area contributed by atoms with Gasteiger partial charge in [-0.2, -0.15) is 4.98 Å². The van der Waals surface area contributed by atoms with Crippen molar-refractivity contribution < 1.29 is 19.1 Å². The van der Waals surface area contributed by atoms with Crippen LogP contribution in [0.15, 0.2) is 37.1 Å². The Morgan fingerprint density at radius 2 is 2.14 bits per heavy atom. The number of hydrogen-bond acceptors (Lipinski definition) is 8. The zero-order valence-corrected chi connectivity index (χ0v) is 21.0. The lowest BCUT2D eigenvalue weighted by Gasteiger charge is -2.19. The zero-order valence-electron chi connectivity index (χ0n) is 20.2. The minimum Gasteiger partial charge on any atom is -0.490 e. The molecule has 1 atom stereocenters. The van der Waals surface area contributed by atoms with E-state index in [0.717, 1.165) is 6.42 Å². The molecule has 1 saturated heterocycles. The van der Waals surface area contributed by atoms with E-state index in [1.165, 1.54) is 12.3 Å². The predicted octanol–water partition coefficient (Wildman–Crippen LogP) is 2.92. The van der Waals surface area contributed by atoms with Crippen molar-refractivity contribution in [3.63, 3.8) is 0 Å². The molecule has 1 aromatic heterocycles. The summed E-state index contributed by atoms with van der Waals surface area (Å²) in [6.07, 6.45) is 3.41. The molecule has 10 nitrogen and oxygen atoms in total. The largest absolute Gasteiger partial charge is 0.490 e. The van der Waals surface area contributed by atoms with Crippen LogP contribution in [-0.2, 0) is 4.79 Å². The monoisotopic (exact) mass is 502 g/mol. The first kappa shape index (κ1) is 26.2. The number of likely N-dealkylation sites (tertiary alicyclic amines) is 1. The summed E-state index contributed by atoms with van der Waals surface area (Å²) < 4.78 is 11.3. The number of nitrogens with one attached hydrogen (secondary N) is 2. The van der Waals surface area contributed by atoms with Gasteiger partial charge in [-0.15, -0.1) is 0 Å². The SMILES string of the molecule is C=CC(=O)Nc1ccc(C(=O)N2CC[C@@H](Nc3ncc(Cl)c(OCC)n3)C2)cc1OCCN(C)C. The lowest BCUT2D eigenvalue weighted by molar-refractivity contribution is -0.111. The van der Waals surface area contributed by atoms with Gasteiger partial charge >= 0.3 is 0 Å². The Balaban J connectivity index is 1.68. The topological polar surface area (TPSA) is 109 Å². The first-order chi connectivity index (χ1) is 16.8. The van der Waals surface area contributed by atoms with Crippen LogP contribution in [0.4, 0.5) is 11.6 Å². The molecule has 2 aromatic rings. The first-order valence-corrected chi connectivity index (χ1v) is 11.7. The third kappa shape index (κ3) is 7.30. The molecule has 11 heteroatoms. The number of likely N-dealkylation sites (N-methyl/N-ethyl adjacent to an activating group) is 1. The Hall–Kier alpha value is -3.37. The summed E-state index contributed by atoms with van der Waals surface area (Å²) in [7, 11) is 3.88. The van der Waals surface area contributed by atoms with Crippen LogP contribution in [-0.4, -0.2) is 84.6 Å². The molecule has 0 saturated carbocycles. The number of anilines is 2. The number of aromatic nitrogens is 2. The van der Waals surface area contributed by atoms with Crippen molar-refractivity contribution in [1.29, 1.82) is 0 Å². The van der Waals surface area contributed by atoms with Crippen LogP contribution in [0, 0.1) is 0 Å². The Morgan fingerprint density at radius 1 is 1.34 bits per heavy atom. The van der Waals surface area contributed by atoms with E-state index in [1.54, 1.807) is 23.1 Å². The van der Waals surface area contributed by atoms with Crippen LogP contribution in [0.3, 0.4) is 0 Å². The minimum absolute atomic E-state index is 0.0171. The number of carbonyl (C=O) groups is 2. The second-order valence-corrected chi connectivity index (χ2v) is 8.62. The normalized spacial score (nSPS) is 15.1. The van der Waals surface area contributed by atoms with E-state index in [9.17, 15) is 9.59 Å². The fourth-order valence-corrected chi connectivity index (χ4v) is 3.63. The molecular formula is C24H31ClN6O4. The van der Waals surface area contributed by atoms with E-state index < -0.39 is 0 Å². The van der Waals surface area contributed by atoms with Gasteiger partial charge in [-0.25, -0.2) is 4.98 Å². The summed E-state index contributed by atoms with van der Waals surface area (Å²) in [5, 5.41) is 6.32. The van der Waals surface area contributed by atoms with E-state index in [-0.39, 0.29) is 17.9 Å². The summed E-state index contributed by atoms with van der Waals surface area (Å²) >= 11 is 6.06. The summed E-state index contributed by atoms with van der Waals surface area (Å²) in [5.41, 5.74) is 0.958. The molecular weight excluding hydrogens is 472 g/mol. The highest BCUT2D eigenvalue weighted by Gasteiger charge is 2.28. The van der Waals surface area contributed by atoms with Gasteiger partial charge in [0.15, 0.2) is 0 Å². The molecule has 1 aliphatic heterocycles. The second-order valence-electron chi connectivity index (χ2n) is 8.22. The van der Waals surface area contributed by atoms with Gasteiger partial charge in [0.05, 0.1) is 18.5 Å². The number of hydrogen-bond donors (Lipinski definition) is 2. The average molecular weight is 503 g/mol. The minimum atomic E-state index is -0.355. The second kappa shape index (κ2) is 12.4. The number of ether oxygens (including phenoxy) is 2. The van der Waals surface area contributed by atoms with Crippen LogP contribution < -0.4 is 20.1 Å². The maximum Gasteiger partial charge on any atom is 0.254 e. The van der Waals surface area contributed by atoms with Crippen molar-refractivity contribution in [3.8, 4) is 11.6 Å². The van der Waals surface area contributed by atoms with E-state index in [0.29, 0.717) is 66.7 Å². The van der Waals surface area contributed by atoms with Gasteiger partial charge in [0.2, 0.25) is 17.7 Å². The number of benzene rings is 1. The molecule has 2 amide bonds. The quantitative estimate of drug-likeness (QED) is 0.451. The van der Waals surface area contributed by atoms with Crippen molar-refractivity contribution in [2.75, 3.05) is 57.6 Å². The molecule has 1 aromatic carbocycles. The standard InChI is InChI=1S/C24H31ClN6O4/c1-5-21(32)28-19-8-7-16(13-20(19)35-12-11-30(3)4)23(33)31-10-9-17(15-31)27-24-26-14-18(25)22(29-24)34-6-2/h5,7-8,13-14,17H,1,6,9-12,15H2,2-4H3,(H,28,32)(H,26,27,29)/t17-/m1/s1. The maximum absolute atomic E-state index is 13.2. The number of rotatable bonds is 11. The van der Waals surface area contributed by atoms with Crippen molar-refractivity contribution in [2.45, 2.75) is 19.4 Å². The highest BCUT2D eigenvalue weighted by molar-refractivity contribution is 6.31. The Kier molecular flexibility index (Phi) is 9.27. The molecule has 0 spiro atoms.